The number of amides is 1. The average Bonchev–Trinajstić information content (AvgIpc) is 2.47. The van der Waals surface area contributed by atoms with Gasteiger partial charge in [-0.05, 0) is 23.3 Å². The molecule has 1 aromatic heterocycles. The Morgan fingerprint density at radius 2 is 2.05 bits per heavy atom. The van der Waals surface area contributed by atoms with Gasteiger partial charge in [-0.3, -0.25) is 9.78 Å². The van der Waals surface area contributed by atoms with Crippen LogP contribution in [0.2, 0.25) is 0 Å². The van der Waals surface area contributed by atoms with Gasteiger partial charge in [-0.25, -0.2) is 0 Å². The molecule has 0 atom stereocenters. The quantitative estimate of drug-likeness (QED) is 0.907. The molecule has 2 rings (SSSR count). The van der Waals surface area contributed by atoms with Crippen molar-refractivity contribution in [3.63, 3.8) is 0 Å². The van der Waals surface area contributed by atoms with Crippen LogP contribution in [0.3, 0.4) is 0 Å². The first-order chi connectivity index (χ1) is 9.66. The molecule has 0 radical (unpaired) electrons. The monoisotopic (exact) mass is 269 g/mol. The molecule has 104 valence electrons. The van der Waals surface area contributed by atoms with E-state index in [0.29, 0.717) is 13.1 Å². The molecule has 1 aromatic carbocycles. The maximum absolute atomic E-state index is 11.3. The minimum atomic E-state index is 0.0621. The second-order valence-corrected chi connectivity index (χ2v) is 4.75. The summed E-state index contributed by atoms with van der Waals surface area (Å²) in [4.78, 5) is 17.1. The van der Waals surface area contributed by atoms with E-state index in [1.807, 2.05) is 42.6 Å². The van der Waals surface area contributed by atoms with E-state index in [1.165, 1.54) is 0 Å². The molecule has 20 heavy (non-hydrogen) atoms. The number of pyridine rings is 1. The molecule has 0 aliphatic heterocycles. The number of para-hydroxylation sites is 1. The predicted octanol–water partition coefficient (Wildman–Crippen LogP) is 2.67. The van der Waals surface area contributed by atoms with Gasteiger partial charge in [-0.15, -0.1) is 0 Å². The van der Waals surface area contributed by atoms with E-state index >= 15 is 0 Å². The van der Waals surface area contributed by atoms with Gasteiger partial charge in [0.2, 0.25) is 5.91 Å². The molecular formula is C16H19N3O. The van der Waals surface area contributed by atoms with Crippen molar-refractivity contribution in [2.24, 2.45) is 0 Å². The smallest absolute Gasteiger partial charge is 0.219 e. The van der Waals surface area contributed by atoms with Crippen LogP contribution in [0.5, 0.6) is 0 Å². The highest BCUT2D eigenvalue weighted by atomic mass is 16.2. The predicted molar refractivity (Wildman–Crippen MR) is 80.2 cm³/mol. The summed E-state index contributed by atoms with van der Waals surface area (Å²) < 4.78 is 0. The van der Waals surface area contributed by atoms with Crippen molar-refractivity contribution in [3.8, 4) is 0 Å². The normalized spacial score (nSPS) is 10.1. The van der Waals surface area contributed by atoms with Crippen LogP contribution in [0.1, 0.15) is 18.1 Å². The third-order valence-corrected chi connectivity index (χ3v) is 3.17. The Labute approximate surface area is 119 Å². The van der Waals surface area contributed by atoms with E-state index in [9.17, 15) is 4.79 Å². The third kappa shape index (κ3) is 3.82. The fraction of sp³-hybridized carbons (Fsp3) is 0.250. The van der Waals surface area contributed by atoms with E-state index in [4.69, 9.17) is 0 Å². The van der Waals surface area contributed by atoms with Crippen LogP contribution in [0.4, 0.5) is 5.69 Å². The van der Waals surface area contributed by atoms with Gasteiger partial charge < -0.3 is 10.2 Å². The van der Waals surface area contributed by atoms with Crippen molar-refractivity contribution in [1.29, 1.82) is 0 Å². The second-order valence-electron chi connectivity index (χ2n) is 4.75. The molecule has 2 aromatic rings. The lowest BCUT2D eigenvalue weighted by molar-refractivity contribution is -0.128. The minimum absolute atomic E-state index is 0.0621. The lowest BCUT2D eigenvalue weighted by atomic mass is 10.1. The van der Waals surface area contributed by atoms with Gasteiger partial charge >= 0.3 is 0 Å². The van der Waals surface area contributed by atoms with Crippen molar-refractivity contribution >= 4 is 11.6 Å². The van der Waals surface area contributed by atoms with Gasteiger partial charge in [-0.2, -0.15) is 0 Å². The summed E-state index contributed by atoms with van der Waals surface area (Å²) in [5.74, 6) is 0.0621. The van der Waals surface area contributed by atoms with Gasteiger partial charge in [0.15, 0.2) is 0 Å². The van der Waals surface area contributed by atoms with Crippen LogP contribution < -0.4 is 5.32 Å². The molecule has 1 amide bonds. The van der Waals surface area contributed by atoms with Crippen LogP contribution in [0, 0.1) is 0 Å². The largest absolute Gasteiger partial charge is 0.381 e. The fourth-order valence-corrected chi connectivity index (χ4v) is 1.90. The molecule has 0 bridgehead atoms. The van der Waals surface area contributed by atoms with E-state index < -0.39 is 0 Å². The molecule has 0 aliphatic carbocycles. The van der Waals surface area contributed by atoms with Gasteiger partial charge in [0.05, 0.1) is 0 Å². The molecule has 1 N–H and O–H groups in total. The zero-order valence-electron chi connectivity index (χ0n) is 11.8. The number of carbonyl (C=O) groups is 1. The molecule has 0 spiro atoms. The average molecular weight is 269 g/mol. The number of aromatic nitrogens is 1. The summed E-state index contributed by atoms with van der Waals surface area (Å²) in [5.41, 5.74) is 3.28. The van der Waals surface area contributed by atoms with Gasteiger partial charge in [0.25, 0.3) is 0 Å². The number of hydrogen-bond donors (Lipinski definition) is 1. The Bertz CT molecular complexity index is 569. The van der Waals surface area contributed by atoms with Crippen LogP contribution in [0.15, 0.2) is 48.8 Å². The summed E-state index contributed by atoms with van der Waals surface area (Å²) in [6, 6.07) is 12.0. The summed E-state index contributed by atoms with van der Waals surface area (Å²) in [5, 5.41) is 3.40. The molecular weight excluding hydrogens is 250 g/mol. The van der Waals surface area contributed by atoms with Gasteiger partial charge in [-0.1, -0.05) is 24.3 Å². The Morgan fingerprint density at radius 1 is 1.25 bits per heavy atom. The van der Waals surface area contributed by atoms with Crippen LogP contribution in [0.25, 0.3) is 0 Å². The number of nitrogens with one attached hydrogen (secondary N) is 1. The van der Waals surface area contributed by atoms with Gasteiger partial charge in [0, 0.05) is 45.1 Å². The first kappa shape index (κ1) is 14.1. The SMILES string of the molecule is CC(=O)N(C)Cc1ccccc1NCc1cccnc1. The highest BCUT2D eigenvalue weighted by molar-refractivity contribution is 5.73. The highest BCUT2D eigenvalue weighted by Gasteiger charge is 2.07. The number of carbonyl (C=O) groups excluding carboxylic acids is 1. The number of rotatable bonds is 5. The number of anilines is 1. The lowest BCUT2D eigenvalue weighted by Crippen LogP contribution is -2.23. The van der Waals surface area contributed by atoms with Gasteiger partial charge in [0.1, 0.15) is 0 Å². The molecule has 0 saturated carbocycles. The van der Waals surface area contributed by atoms with E-state index in [2.05, 4.69) is 10.3 Å². The lowest BCUT2D eigenvalue weighted by Gasteiger charge is -2.18. The topological polar surface area (TPSA) is 45.2 Å². The highest BCUT2D eigenvalue weighted by Crippen LogP contribution is 2.17. The second kappa shape index (κ2) is 6.70. The molecule has 1 heterocycles. The Balaban J connectivity index is 2.06. The maximum Gasteiger partial charge on any atom is 0.219 e. The summed E-state index contributed by atoms with van der Waals surface area (Å²) in [6.45, 7) is 2.89. The first-order valence-electron chi connectivity index (χ1n) is 6.59. The molecule has 0 fully saturated rings. The molecule has 0 saturated heterocycles. The van der Waals surface area contributed by atoms with Crippen molar-refractivity contribution in [2.45, 2.75) is 20.0 Å². The zero-order chi connectivity index (χ0) is 14.4. The fourth-order valence-electron chi connectivity index (χ4n) is 1.90. The summed E-state index contributed by atoms with van der Waals surface area (Å²) in [7, 11) is 1.81. The van der Waals surface area contributed by atoms with E-state index in [1.54, 1.807) is 25.1 Å². The van der Waals surface area contributed by atoms with Crippen molar-refractivity contribution in [3.05, 3.63) is 59.9 Å². The number of benzene rings is 1. The third-order valence-electron chi connectivity index (χ3n) is 3.17. The van der Waals surface area contributed by atoms with Crippen molar-refractivity contribution < 1.29 is 4.79 Å². The van der Waals surface area contributed by atoms with Crippen LogP contribution in [-0.4, -0.2) is 22.8 Å². The molecule has 0 unspecified atom stereocenters. The molecule has 0 aliphatic rings. The van der Waals surface area contributed by atoms with Crippen molar-refractivity contribution in [2.75, 3.05) is 12.4 Å². The summed E-state index contributed by atoms with van der Waals surface area (Å²) >= 11 is 0. The molecule has 4 heteroatoms. The maximum atomic E-state index is 11.3. The van der Waals surface area contributed by atoms with Crippen LogP contribution in [-0.2, 0) is 17.9 Å². The Hall–Kier alpha value is -2.36. The standard InChI is InChI=1S/C16H19N3O/c1-13(20)19(2)12-15-7-3-4-8-16(15)18-11-14-6-5-9-17-10-14/h3-10,18H,11-12H2,1-2H3. The van der Waals surface area contributed by atoms with E-state index in [-0.39, 0.29) is 5.91 Å². The van der Waals surface area contributed by atoms with Crippen molar-refractivity contribution in [1.82, 2.24) is 9.88 Å². The Kier molecular flexibility index (Phi) is 4.71. The number of hydrogen-bond acceptors (Lipinski definition) is 3. The zero-order valence-corrected chi connectivity index (χ0v) is 11.8. The minimum Gasteiger partial charge on any atom is -0.381 e. The molecule has 4 nitrogen and oxygen atoms in total. The van der Waals surface area contributed by atoms with Crippen LogP contribution >= 0.6 is 0 Å². The van der Waals surface area contributed by atoms with E-state index in [0.717, 1.165) is 16.8 Å². The summed E-state index contributed by atoms with van der Waals surface area (Å²) in [6.07, 6.45) is 3.61. The number of nitrogens with zero attached hydrogens (tertiary/aromatic N) is 2. The Morgan fingerprint density at radius 3 is 2.75 bits per heavy atom. The first-order valence-corrected chi connectivity index (χ1v) is 6.59.